The Kier molecular flexibility index (Phi) is 6.34. The number of rotatable bonds is 7. The maximum Gasteiger partial charge on any atom is 0.240 e. The van der Waals surface area contributed by atoms with E-state index in [2.05, 4.69) is 10.0 Å². The van der Waals surface area contributed by atoms with E-state index >= 15 is 0 Å². The van der Waals surface area contributed by atoms with Gasteiger partial charge < -0.3 is 5.32 Å². The van der Waals surface area contributed by atoms with Crippen molar-refractivity contribution >= 4 is 15.9 Å². The number of nitriles is 1. The summed E-state index contributed by atoms with van der Waals surface area (Å²) >= 11 is 0. The Labute approximate surface area is 125 Å². The Morgan fingerprint density at radius 2 is 2.14 bits per heavy atom. The molecule has 0 aromatic heterocycles. The highest BCUT2D eigenvalue weighted by atomic mass is 32.2. The highest BCUT2D eigenvalue weighted by Crippen LogP contribution is 2.10. The molecule has 0 spiro atoms. The van der Waals surface area contributed by atoms with Crippen LogP contribution in [0.1, 0.15) is 32.3 Å². The van der Waals surface area contributed by atoms with Crippen molar-refractivity contribution in [3.63, 3.8) is 0 Å². The van der Waals surface area contributed by atoms with E-state index in [1.807, 2.05) is 19.9 Å². The first kappa shape index (κ1) is 17.1. The summed E-state index contributed by atoms with van der Waals surface area (Å²) in [6.07, 6.45) is 0.889. The van der Waals surface area contributed by atoms with Crippen molar-refractivity contribution in [3.05, 3.63) is 29.8 Å². The molecule has 0 saturated carbocycles. The van der Waals surface area contributed by atoms with Crippen LogP contribution in [-0.4, -0.2) is 26.9 Å². The molecule has 114 valence electrons. The lowest BCUT2D eigenvalue weighted by Gasteiger charge is -2.11. The normalized spacial score (nSPS) is 12.4. The van der Waals surface area contributed by atoms with Gasteiger partial charge in [0, 0.05) is 19.0 Å². The van der Waals surface area contributed by atoms with Crippen LogP contribution >= 0.6 is 0 Å². The van der Waals surface area contributed by atoms with E-state index in [9.17, 15) is 13.2 Å². The molecule has 0 saturated heterocycles. The molecule has 0 aliphatic heterocycles. The predicted octanol–water partition coefficient (Wildman–Crippen LogP) is 1.14. The van der Waals surface area contributed by atoms with Gasteiger partial charge in [0.1, 0.15) is 0 Å². The molecular formula is C14H19N3O3S. The minimum Gasteiger partial charge on any atom is -0.354 e. The SMILES string of the molecule is CCC(C)NC(=O)CCNS(=O)(=O)c1cccc(C#N)c1. The number of benzene rings is 1. The van der Waals surface area contributed by atoms with Crippen molar-refractivity contribution in [1.29, 1.82) is 5.26 Å². The molecule has 7 heteroatoms. The van der Waals surface area contributed by atoms with Crippen molar-refractivity contribution in [3.8, 4) is 6.07 Å². The Morgan fingerprint density at radius 3 is 2.76 bits per heavy atom. The van der Waals surface area contributed by atoms with Crippen molar-refractivity contribution in [2.75, 3.05) is 6.54 Å². The molecule has 21 heavy (non-hydrogen) atoms. The molecular weight excluding hydrogens is 290 g/mol. The lowest BCUT2D eigenvalue weighted by Crippen LogP contribution is -2.35. The van der Waals surface area contributed by atoms with Crippen LogP contribution < -0.4 is 10.0 Å². The van der Waals surface area contributed by atoms with E-state index in [-0.39, 0.29) is 35.4 Å². The number of carbonyl (C=O) groups excluding carboxylic acids is 1. The van der Waals surface area contributed by atoms with Crippen LogP contribution in [0.4, 0.5) is 0 Å². The number of sulfonamides is 1. The molecule has 1 rings (SSSR count). The first-order valence-electron chi connectivity index (χ1n) is 6.68. The smallest absolute Gasteiger partial charge is 0.240 e. The number of nitrogens with one attached hydrogen (secondary N) is 2. The maximum atomic E-state index is 12.0. The summed E-state index contributed by atoms with van der Waals surface area (Å²) in [5.41, 5.74) is 0.271. The van der Waals surface area contributed by atoms with Crippen molar-refractivity contribution in [1.82, 2.24) is 10.0 Å². The van der Waals surface area contributed by atoms with E-state index in [1.54, 1.807) is 0 Å². The molecule has 1 aromatic rings. The fraction of sp³-hybridized carbons (Fsp3) is 0.429. The van der Waals surface area contributed by atoms with Crippen LogP contribution in [0.25, 0.3) is 0 Å². The summed E-state index contributed by atoms with van der Waals surface area (Å²) in [5.74, 6) is -0.196. The fourth-order valence-electron chi connectivity index (χ4n) is 1.56. The van der Waals surface area contributed by atoms with Gasteiger partial charge in [0.2, 0.25) is 15.9 Å². The third kappa shape index (κ3) is 5.53. The Hall–Kier alpha value is -1.91. The molecule has 0 heterocycles. The number of nitrogens with zero attached hydrogens (tertiary/aromatic N) is 1. The van der Waals surface area contributed by atoms with Gasteiger partial charge in [-0.25, -0.2) is 13.1 Å². The number of carbonyl (C=O) groups is 1. The number of hydrogen-bond acceptors (Lipinski definition) is 4. The van der Waals surface area contributed by atoms with Gasteiger partial charge >= 0.3 is 0 Å². The number of hydrogen-bond donors (Lipinski definition) is 2. The zero-order valence-electron chi connectivity index (χ0n) is 12.1. The zero-order valence-corrected chi connectivity index (χ0v) is 12.9. The molecule has 1 unspecified atom stereocenters. The molecule has 0 radical (unpaired) electrons. The number of amides is 1. The average molecular weight is 309 g/mol. The largest absolute Gasteiger partial charge is 0.354 e. The van der Waals surface area contributed by atoms with Crippen LogP contribution in [0.15, 0.2) is 29.2 Å². The van der Waals surface area contributed by atoms with E-state index in [1.165, 1.54) is 24.3 Å². The summed E-state index contributed by atoms with van der Waals surface area (Å²) < 4.78 is 26.4. The second-order valence-electron chi connectivity index (χ2n) is 4.66. The third-order valence-corrected chi connectivity index (χ3v) is 4.40. The summed E-state index contributed by atoms with van der Waals surface area (Å²) in [4.78, 5) is 11.6. The molecule has 0 aliphatic carbocycles. The van der Waals surface area contributed by atoms with Gasteiger partial charge in [-0.05, 0) is 31.5 Å². The standard InChI is InChI=1S/C14H19N3O3S/c1-3-11(2)17-14(18)7-8-16-21(19,20)13-6-4-5-12(9-13)10-15/h4-6,9,11,16H,3,7-8H2,1-2H3,(H,17,18). The molecule has 0 aliphatic rings. The average Bonchev–Trinajstić information content (AvgIpc) is 2.46. The lowest BCUT2D eigenvalue weighted by atomic mass is 10.2. The maximum absolute atomic E-state index is 12.0. The minimum atomic E-state index is -3.70. The molecule has 1 atom stereocenters. The molecule has 2 N–H and O–H groups in total. The van der Waals surface area contributed by atoms with Crippen molar-refractivity contribution in [2.24, 2.45) is 0 Å². The van der Waals surface area contributed by atoms with Crippen molar-refractivity contribution < 1.29 is 13.2 Å². The van der Waals surface area contributed by atoms with Crippen LogP contribution in [0, 0.1) is 11.3 Å². The van der Waals surface area contributed by atoms with Crippen LogP contribution in [0.2, 0.25) is 0 Å². The van der Waals surface area contributed by atoms with Gasteiger partial charge in [-0.3, -0.25) is 4.79 Å². The minimum absolute atomic E-state index is 0.0153. The lowest BCUT2D eigenvalue weighted by molar-refractivity contribution is -0.121. The zero-order chi connectivity index (χ0) is 15.9. The first-order valence-corrected chi connectivity index (χ1v) is 8.16. The van der Waals surface area contributed by atoms with Crippen molar-refractivity contribution in [2.45, 2.75) is 37.6 Å². The van der Waals surface area contributed by atoms with Gasteiger partial charge in [-0.1, -0.05) is 13.0 Å². The summed E-state index contributed by atoms with van der Waals surface area (Å²) in [6, 6.07) is 7.68. The van der Waals surface area contributed by atoms with E-state index in [0.717, 1.165) is 6.42 Å². The van der Waals surface area contributed by atoms with Gasteiger partial charge in [0.25, 0.3) is 0 Å². The second-order valence-corrected chi connectivity index (χ2v) is 6.43. The first-order chi connectivity index (χ1) is 9.89. The molecule has 0 fully saturated rings. The third-order valence-electron chi connectivity index (χ3n) is 2.94. The summed E-state index contributed by atoms with van der Waals surface area (Å²) in [5, 5.41) is 11.5. The summed E-state index contributed by atoms with van der Waals surface area (Å²) in [6.45, 7) is 3.85. The Bertz CT molecular complexity index is 635. The highest BCUT2D eigenvalue weighted by Gasteiger charge is 2.15. The van der Waals surface area contributed by atoms with Gasteiger partial charge in [-0.15, -0.1) is 0 Å². The summed E-state index contributed by atoms with van der Waals surface area (Å²) in [7, 11) is -3.70. The second kappa shape index (κ2) is 7.76. The highest BCUT2D eigenvalue weighted by molar-refractivity contribution is 7.89. The monoisotopic (exact) mass is 309 g/mol. The van der Waals surface area contributed by atoms with Gasteiger partial charge in [0.15, 0.2) is 0 Å². The topological polar surface area (TPSA) is 99.1 Å². The molecule has 6 nitrogen and oxygen atoms in total. The van der Waals surface area contributed by atoms with Crippen LogP contribution in [0.5, 0.6) is 0 Å². The van der Waals surface area contributed by atoms with Gasteiger partial charge in [-0.2, -0.15) is 5.26 Å². The van der Waals surface area contributed by atoms with E-state index in [0.29, 0.717) is 0 Å². The Balaban J connectivity index is 2.58. The van der Waals surface area contributed by atoms with E-state index in [4.69, 9.17) is 5.26 Å². The molecule has 0 bridgehead atoms. The van der Waals surface area contributed by atoms with Gasteiger partial charge in [0.05, 0.1) is 16.5 Å². The molecule has 1 amide bonds. The molecule has 1 aromatic carbocycles. The van der Waals surface area contributed by atoms with Crippen LogP contribution in [0.3, 0.4) is 0 Å². The fourth-order valence-corrected chi connectivity index (χ4v) is 2.64. The predicted molar refractivity (Wildman–Crippen MR) is 78.9 cm³/mol. The van der Waals surface area contributed by atoms with Crippen LogP contribution in [-0.2, 0) is 14.8 Å². The quantitative estimate of drug-likeness (QED) is 0.789. The van der Waals surface area contributed by atoms with E-state index < -0.39 is 10.0 Å². The Morgan fingerprint density at radius 1 is 1.43 bits per heavy atom.